The number of oxazole rings is 1. The topological polar surface area (TPSA) is 84.2 Å². The van der Waals surface area contributed by atoms with Crippen LogP contribution in [0.3, 0.4) is 0 Å². The second-order valence-corrected chi connectivity index (χ2v) is 7.85. The minimum atomic E-state index is -0.153. The molecule has 6 heteroatoms. The number of hydrogen-bond acceptors (Lipinski definition) is 4. The minimum Gasteiger partial charge on any atom is -0.441 e. The molecule has 2 aromatic carbocycles. The second-order valence-electron chi connectivity index (χ2n) is 7.85. The largest absolute Gasteiger partial charge is 0.441 e. The molecule has 31 heavy (non-hydrogen) atoms. The Bertz CT molecular complexity index is 1050. The van der Waals surface area contributed by atoms with E-state index in [4.69, 9.17) is 4.42 Å². The highest BCUT2D eigenvalue weighted by Crippen LogP contribution is 2.25. The number of aryl methyl sites for hydroxylation is 2. The lowest BCUT2D eigenvalue weighted by Crippen LogP contribution is -2.14. The molecule has 0 fully saturated rings. The van der Waals surface area contributed by atoms with Crippen molar-refractivity contribution in [2.45, 2.75) is 52.9 Å². The highest BCUT2D eigenvalue weighted by Gasteiger charge is 2.12. The van der Waals surface area contributed by atoms with Gasteiger partial charge in [-0.25, -0.2) is 4.98 Å². The van der Waals surface area contributed by atoms with E-state index in [-0.39, 0.29) is 18.2 Å². The van der Waals surface area contributed by atoms with E-state index in [1.807, 2.05) is 31.2 Å². The maximum Gasteiger partial charge on any atom is 0.224 e. The number of carbonyl (C=O) groups excluding carboxylic acids is 2. The number of hydrogen-bond donors (Lipinski definition) is 2. The van der Waals surface area contributed by atoms with Crippen LogP contribution in [0.2, 0.25) is 0 Å². The molecule has 0 saturated heterocycles. The SMILES string of the molecule is CCc1ccc(NC(C)=O)cc1NC(=O)CCc1ncc(-c2ccc(C(C)C)cc2)o1. The molecule has 0 spiro atoms. The Kier molecular flexibility index (Phi) is 7.23. The van der Waals surface area contributed by atoms with E-state index in [1.165, 1.54) is 12.5 Å². The summed E-state index contributed by atoms with van der Waals surface area (Å²) < 4.78 is 5.84. The Labute approximate surface area is 183 Å². The molecule has 0 bridgehead atoms. The summed E-state index contributed by atoms with van der Waals surface area (Å²) >= 11 is 0. The van der Waals surface area contributed by atoms with Crippen molar-refractivity contribution in [2.24, 2.45) is 0 Å². The van der Waals surface area contributed by atoms with Gasteiger partial charge in [-0.05, 0) is 35.6 Å². The van der Waals surface area contributed by atoms with Gasteiger partial charge in [-0.1, -0.05) is 51.1 Å². The summed E-state index contributed by atoms with van der Waals surface area (Å²) in [4.78, 5) is 28.1. The van der Waals surface area contributed by atoms with Crippen LogP contribution in [0.4, 0.5) is 11.4 Å². The Morgan fingerprint density at radius 1 is 1.06 bits per heavy atom. The van der Waals surface area contributed by atoms with Crippen LogP contribution < -0.4 is 10.6 Å². The van der Waals surface area contributed by atoms with Crippen molar-refractivity contribution in [1.82, 2.24) is 4.98 Å². The van der Waals surface area contributed by atoms with Gasteiger partial charge in [-0.2, -0.15) is 0 Å². The molecule has 0 saturated carbocycles. The summed E-state index contributed by atoms with van der Waals surface area (Å²) in [6.07, 6.45) is 3.13. The van der Waals surface area contributed by atoms with E-state index in [0.717, 1.165) is 17.5 Å². The molecular weight excluding hydrogens is 390 g/mol. The molecule has 3 rings (SSSR count). The van der Waals surface area contributed by atoms with Crippen molar-refractivity contribution < 1.29 is 14.0 Å². The van der Waals surface area contributed by atoms with Gasteiger partial charge in [-0.15, -0.1) is 0 Å². The van der Waals surface area contributed by atoms with Crippen molar-refractivity contribution in [3.05, 3.63) is 65.7 Å². The third-order valence-corrected chi connectivity index (χ3v) is 5.07. The van der Waals surface area contributed by atoms with Gasteiger partial charge in [0.25, 0.3) is 0 Å². The van der Waals surface area contributed by atoms with Gasteiger partial charge in [0.15, 0.2) is 11.7 Å². The molecule has 162 valence electrons. The maximum absolute atomic E-state index is 12.5. The number of nitrogens with one attached hydrogen (secondary N) is 2. The number of rotatable bonds is 8. The van der Waals surface area contributed by atoms with Gasteiger partial charge >= 0.3 is 0 Å². The number of amides is 2. The molecule has 3 aromatic rings. The number of aromatic nitrogens is 1. The monoisotopic (exact) mass is 419 g/mol. The summed E-state index contributed by atoms with van der Waals surface area (Å²) in [5.41, 5.74) is 4.60. The Morgan fingerprint density at radius 3 is 2.45 bits per heavy atom. The van der Waals surface area contributed by atoms with Gasteiger partial charge < -0.3 is 15.1 Å². The average Bonchev–Trinajstić information content (AvgIpc) is 3.21. The van der Waals surface area contributed by atoms with E-state index < -0.39 is 0 Å². The van der Waals surface area contributed by atoms with Crippen LogP contribution in [0.5, 0.6) is 0 Å². The molecule has 0 aliphatic rings. The van der Waals surface area contributed by atoms with Crippen LogP contribution in [0, 0.1) is 0 Å². The number of carbonyl (C=O) groups is 2. The van der Waals surface area contributed by atoms with Crippen LogP contribution in [-0.4, -0.2) is 16.8 Å². The van der Waals surface area contributed by atoms with Gasteiger partial charge in [-0.3, -0.25) is 9.59 Å². The summed E-state index contributed by atoms with van der Waals surface area (Å²) in [5.74, 6) is 1.42. The minimum absolute atomic E-state index is 0.129. The van der Waals surface area contributed by atoms with Crippen molar-refractivity contribution in [3.8, 4) is 11.3 Å². The predicted octanol–water partition coefficient (Wildman–Crippen LogP) is 5.56. The van der Waals surface area contributed by atoms with E-state index in [0.29, 0.717) is 35.4 Å². The highest BCUT2D eigenvalue weighted by molar-refractivity contribution is 5.94. The molecule has 1 heterocycles. The highest BCUT2D eigenvalue weighted by atomic mass is 16.4. The molecule has 6 nitrogen and oxygen atoms in total. The summed E-state index contributed by atoms with van der Waals surface area (Å²) in [5, 5.41) is 5.68. The Morgan fingerprint density at radius 2 is 1.81 bits per heavy atom. The fourth-order valence-electron chi connectivity index (χ4n) is 3.31. The van der Waals surface area contributed by atoms with Crippen LogP contribution in [0.15, 0.2) is 53.1 Å². The van der Waals surface area contributed by atoms with E-state index in [2.05, 4.69) is 41.6 Å². The van der Waals surface area contributed by atoms with Gasteiger partial charge in [0.05, 0.1) is 6.20 Å². The molecule has 0 atom stereocenters. The molecule has 0 radical (unpaired) electrons. The quantitative estimate of drug-likeness (QED) is 0.501. The van der Waals surface area contributed by atoms with Gasteiger partial charge in [0.1, 0.15) is 0 Å². The van der Waals surface area contributed by atoms with Crippen molar-refractivity contribution in [3.63, 3.8) is 0 Å². The Hall–Kier alpha value is -3.41. The molecule has 0 aliphatic heterocycles. The Balaban J connectivity index is 1.61. The normalized spacial score (nSPS) is 10.9. The first-order valence-corrected chi connectivity index (χ1v) is 10.6. The number of anilines is 2. The molecular formula is C25H29N3O3. The fraction of sp³-hybridized carbons (Fsp3) is 0.320. The van der Waals surface area contributed by atoms with Crippen molar-refractivity contribution >= 4 is 23.2 Å². The molecule has 0 aliphatic carbocycles. The third kappa shape index (κ3) is 6.04. The van der Waals surface area contributed by atoms with Crippen LogP contribution in [0.25, 0.3) is 11.3 Å². The lowest BCUT2D eigenvalue weighted by atomic mass is 10.0. The van der Waals surface area contributed by atoms with E-state index in [9.17, 15) is 9.59 Å². The maximum atomic E-state index is 12.5. The van der Waals surface area contributed by atoms with Crippen LogP contribution in [-0.2, 0) is 22.4 Å². The zero-order valence-corrected chi connectivity index (χ0v) is 18.5. The van der Waals surface area contributed by atoms with Crippen molar-refractivity contribution in [1.29, 1.82) is 0 Å². The molecule has 2 N–H and O–H groups in total. The first-order valence-electron chi connectivity index (χ1n) is 10.6. The number of benzene rings is 2. The zero-order valence-electron chi connectivity index (χ0n) is 18.5. The van der Waals surface area contributed by atoms with Crippen LogP contribution in [0.1, 0.15) is 57.1 Å². The lowest BCUT2D eigenvalue weighted by molar-refractivity contribution is -0.116. The standard InChI is InChI=1S/C25H29N3O3/c1-5-18-10-11-21(27-17(4)29)14-22(18)28-24(30)12-13-25-26-15-23(31-25)20-8-6-19(7-9-20)16(2)3/h6-11,14-16H,5,12-13H2,1-4H3,(H,27,29)(H,28,30). The zero-order chi connectivity index (χ0) is 22.4. The summed E-state index contributed by atoms with van der Waals surface area (Å²) in [6.45, 7) is 7.79. The summed E-state index contributed by atoms with van der Waals surface area (Å²) in [6, 6.07) is 13.8. The smallest absolute Gasteiger partial charge is 0.224 e. The number of nitrogens with zero attached hydrogens (tertiary/aromatic N) is 1. The van der Waals surface area contributed by atoms with Crippen LogP contribution >= 0.6 is 0 Å². The average molecular weight is 420 g/mol. The second kappa shape index (κ2) is 10.1. The van der Waals surface area contributed by atoms with Gasteiger partial charge in [0, 0.05) is 36.7 Å². The fourth-order valence-corrected chi connectivity index (χ4v) is 3.31. The summed E-state index contributed by atoms with van der Waals surface area (Å²) in [7, 11) is 0. The lowest BCUT2D eigenvalue weighted by Gasteiger charge is -2.12. The molecule has 2 amide bonds. The van der Waals surface area contributed by atoms with Gasteiger partial charge in [0.2, 0.25) is 11.8 Å². The molecule has 0 unspecified atom stereocenters. The molecule has 1 aromatic heterocycles. The van der Waals surface area contributed by atoms with E-state index in [1.54, 1.807) is 12.3 Å². The first-order chi connectivity index (χ1) is 14.9. The third-order valence-electron chi connectivity index (χ3n) is 5.07. The first kappa shape index (κ1) is 22.3. The van der Waals surface area contributed by atoms with Crippen molar-refractivity contribution in [2.75, 3.05) is 10.6 Å². The predicted molar refractivity (Wildman–Crippen MR) is 123 cm³/mol. The van der Waals surface area contributed by atoms with E-state index >= 15 is 0 Å².